The van der Waals surface area contributed by atoms with E-state index in [4.69, 9.17) is 11.6 Å². The van der Waals surface area contributed by atoms with Gasteiger partial charge in [0.25, 0.3) is 5.69 Å². The average molecular weight is 275 g/mol. The van der Waals surface area contributed by atoms with E-state index in [2.05, 4.69) is 0 Å². The number of halogens is 2. The number of rotatable bonds is 2. The van der Waals surface area contributed by atoms with Gasteiger partial charge >= 0.3 is 0 Å². The van der Waals surface area contributed by atoms with E-state index in [0.29, 0.717) is 13.0 Å². The van der Waals surface area contributed by atoms with Gasteiger partial charge in [-0.3, -0.25) is 10.1 Å². The minimum Gasteiger partial charge on any atom is -0.388 e. The Morgan fingerprint density at radius 1 is 1.61 bits per heavy atom. The highest BCUT2D eigenvalue weighted by molar-refractivity contribution is 6.31. The lowest BCUT2D eigenvalue weighted by Gasteiger charge is -2.20. The fourth-order valence-electron chi connectivity index (χ4n) is 2.08. The monoisotopic (exact) mass is 274 g/mol. The standard InChI is InChI=1S/C11H12ClFN2O3/c1-11(16)2-3-14(6-11)9-4-7(12)8(13)5-10(9)15(17)18/h4-5,16H,2-3,6H2,1H3. The zero-order valence-corrected chi connectivity index (χ0v) is 10.4. The number of anilines is 1. The molecule has 1 aliphatic rings. The Balaban J connectivity index is 2.44. The predicted molar refractivity (Wildman–Crippen MR) is 65.5 cm³/mol. The van der Waals surface area contributed by atoms with Crippen molar-refractivity contribution in [3.05, 3.63) is 33.1 Å². The Hall–Kier alpha value is -1.40. The SMILES string of the molecule is CC1(O)CCN(c2cc(Cl)c(F)cc2[N+](=O)[O-])C1. The number of benzene rings is 1. The van der Waals surface area contributed by atoms with Crippen molar-refractivity contribution in [3.8, 4) is 0 Å². The summed E-state index contributed by atoms with van der Waals surface area (Å²) in [7, 11) is 0. The third-order valence-corrected chi connectivity index (χ3v) is 3.30. The van der Waals surface area contributed by atoms with Gasteiger partial charge in [0.15, 0.2) is 0 Å². The number of aliphatic hydroxyl groups is 1. The molecule has 0 saturated carbocycles. The molecular formula is C11H12ClFN2O3. The molecule has 0 aliphatic carbocycles. The van der Waals surface area contributed by atoms with Crippen LogP contribution in [0, 0.1) is 15.9 Å². The first-order valence-corrected chi connectivity index (χ1v) is 5.79. The zero-order valence-electron chi connectivity index (χ0n) is 9.69. The highest BCUT2D eigenvalue weighted by Gasteiger charge is 2.34. The van der Waals surface area contributed by atoms with E-state index in [-0.39, 0.29) is 22.9 Å². The molecule has 98 valence electrons. The highest BCUT2D eigenvalue weighted by Crippen LogP contribution is 2.36. The molecule has 0 amide bonds. The van der Waals surface area contributed by atoms with Crippen LogP contribution in [0.15, 0.2) is 12.1 Å². The fraction of sp³-hybridized carbons (Fsp3) is 0.455. The largest absolute Gasteiger partial charge is 0.388 e. The van der Waals surface area contributed by atoms with E-state index >= 15 is 0 Å². The van der Waals surface area contributed by atoms with Crippen molar-refractivity contribution in [1.29, 1.82) is 0 Å². The van der Waals surface area contributed by atoms with Crippen LogP contribution in [0.4, 0.5) is 15.8 Å². The van der Waals surface area contributed by atoms with Crippen molar-refractivity contribution >= 4 is 23.0 Å². The quantitative estimate of drug-likeness (QED) is 0.664. The molecule has 0 aromatic heterocycles. The summed E-state index contributed by atoms with van der Waals surface area (Å²) in [4.78, 5) is 11.9. The van der Waals surface area contributed by atoms with Crippen LogP contribution in [-0.4, -0.2) is 28.7 Å². The van der Waals surface area contributed by atoms with Gasteiger partial charge in [0.2, 0.25) is 0 Å². The lowest BCUT2D eigenvalue weighted by molar-refractivity contribution is -0.384. The molecule has 1 heterocycles. The van der Waals surface area contributed by atoms with Gasteiger partial charge in [-0.15, -0.1) is 0 Å². The van der Waals surface area contributed by atoms with Crippen molar-refractivity contribution in [2.24, 2.45) is 0 Å². The summed E-state index contributed by atoms with van der Waals surface area (Å²) in [5, 5.41) is 20.6. The van der Waals surface area contributed by atoms with Crippen LogP contribution in [0.2, 0.25) is 5.02 Å². The first-order valence-electron chi connectivity index (χ1n) is 5.41. The second-order valence-electron chi connectivity index (χ2n) is 4.68. The summed E-state index contributed by atoms with van der Waals surface area (Å²) in [5.74, 6) is -0.821. The molecule has 7 heteroatoms. The van der Waals surface area contributed by atoms with Gasteiger partial charge in [-0.2, -0.15) is 0 Å². The Morgan fingerprint density at radius 3 is 2.78 bits per heavy atom. The number of hydrogen-bond donors (Lipinski definition) is 1. The molecule has 1 aliphatic heterocycles. The van der Waals surface area contributed by atoms with Gasteiger partial charge in [0.05, 0.1) is 21.6 Å². The zero-order chi connectivity index (χ0) is 13.5. The number of hydrogen-bond acceptors (Lipinski definition) is 4. The van der Waals surface area contributed by atoms with E-state index in [0.717, 1.165) is 6.07 Å². The van der Waals surface area contributed by atoms with Crippen molar-refractivity contribution in [2.75, 3.05) is 18.0 Å². The van der Waals surface area contributed by atoms with E-state index in [1.54, 1.807) is 11.8 Å². The highest BCUT2D eigenvalue weighted by atomic mass is 35.5. The third-order valence-electron chi connectivity index (χ3n) is 3.01. The minimum absolute atomic E-state index is 0.165. The Labute approximate surface area is 108 Å². The average Bonchev–Trinajstić information content (AvgIpc) is 2.62. The molecular weight excluding hydrogens is 263 g/mol. The van der Waals surface area contributed by atoms with Gasteiger partial charge in [0.1, 0.15) is 11.5 Å². The molecule has 1 aromatic rings. The van der Waals surface area contributed by atoms with Crippen LogP contribution >= 0.6 is 11.6 Å². The van der Waals surface area contributed by atoms with Crippen LogP contribution < -0.4 is 4.90 Å². The van der Waals surface area contributed by atoms with Gasteiger partial charge in [0, 0.05) is 13.1 Å². The normalized spacial score (nSPS) is 23.4. The van der Waals surface area contributed by atoms with Crippen molar-refractivity contribution < 1.29 is 14.4 Å². The van der Waals surface area contributed by atoms with E-state index in [1.807, 2.05) is 0 Å². The summed E-state index contributed by atoms with van der Waals surface area (Å²) in [6.45, 7) is 2.38. The number of β-amino-alcohol motifs (C(OH)–C–C–N with tert-alkyl or cyclic N) is 1. The Bertz CT molecular complexity index is 507. The molecule has 0 radical (unpaired) electrons. The molecule has 1 unspecified atom stereocenters. The molecule has 18 heavy (non-hydrogen) atoms. The van der Waals surface area contributed by atoms with E-state index < -0.39 is 16.3 Å². The minimum atomic E-state index is -0.894. The molecule has 0 bridgehead atoms. The molecule has 2 rings (SSSR count). The lowest BCUT2D eigenvalue weighted by Crippen LogP contribution is -2.29. The van der Waals surface area contributed by atoms with Crippen molar-refractivity contribution in [1.82, 2.24) is 0 Å². The maximum absolute atomic E-state index is 13.3. The number of nitro groups is 1. The second-order valence-corrected chi connectivity index (χ2v) is 5.09. The van der Waals surface area contributed by atoms with Gasteiger partial charge in [-0.25, -0.2) is 4.39 Å². The van der Waals surface area contributed by atoms with Crippen LogP contribution in [-0.2, 0) is 0 Å². The van der Waals surface area contributed by atoms with Gasteiger partial charge in [-0.05, 0) is 19.4 Å². The smallest absolute Gasteiger partial charge is 0.295 e. The van der Waals surface area contributed by atoms with Crippen LogP contribution in [0.3, 0.4) is 0 Å². The second kappa shape index (κ2) is 4.37. The molecule has 0 spiro atoms. The van der Waals surface area contributed by atoms with Gasteiger partial charge < -0.3 is 10.0 Å². The maximum Gasteiger partial charge on any atom is 0.295 e. The number of nitrogens with zero attached hydrogens (tertiary/aromatic N) is 2. The fourth-order valence-corrected chi connectivity index (χ4v) is 2.23. The van der Waals surface area contributed by atoms with Crippen LogP contribution in [0.5, 0.6) is 0 Å². The van der Waals surface area contributed by atoms with Crippen LogP contribution in [0.25, 0.3) is 0 Å². The summed E-state index contributed by atoms with van der Waals surface area (Å²) < 4.78 is 13.3. The lowest BCUT2D eigenvalue weighted by atomic mass is 10.1. The maximum atomic E-state index is 13.3. The summed E-state index contributed by atoms with van der Waals surface area (Å²) in [6, 6.07) is 2.04. The van der Waals surface area contributed by atoms with Crippen molar-refractivity contribution in [2.45, 2.75) is 18.9 Å². The first kappa shape index (κ1) is 13.0. The van der Waals surface area contributed by atoms with Crippen LogP contribution in [0.1, 0.15) is 13.3 Å². The number of nitro benzene ring substituents is 1. The molecule has 5 nitrogen and oxygen atoms in total. The Morgan fingerprint density at radius 2 is 2.28 bits per heavy atom. The van der Waals surface area contributed by atoms with E-state index in [1.165, 1.54) is 6.07 Å². The van der Waals surface area contributed by atoms with Crippen molar-refractivity contribution in [3.63, 3.8) is 0 Å². The molecule has 1 aromatic carbocycles. The summed E-state index contributed by atoms with van der Waals surface area (Å²) in [5.41, 5.74) is -0.992. The van der Waals surface area contributed by atoms with E-state index in [9.17, 15) is 19.6 Å². The summed E-state index contributed by atoms with van der Waals surface area (Å²) >= 11 is 5.65. The predicted octanol–water partition coefficient (Wildman–Crippen LogP) is 2.35. The molecule has 1 atom stereocenters. The molecule has 1 N–H and O–H groups in total. The first-order chi connectivity index (χ1) is 8.30. The molecule has 1 saturated heterocycles. The Kier molecular flexibility index (Phi) is 3.16. The molecule has 1 fully saturated rings. The summed E-state index contributed by atoms with van der Waals surface area (Å²) in [6.07, 6.45) is 0.499. The topological polar surface area (TPSA) is 66.6 Å². The third kappa shape index (κ3) is 2.39. The van der Waals surface area contributed by atoms with Gasteiger partial charge in [-0.1, -0.05) is 11.6 Å².